The molecule has 0 aliphatic heterocycles. The summed E-state index contributed by atoms with van der Waals surface area (Å²) in [5.74, 6) is 0.734. The van der Waals surface area contributed by atoms with Crippen LogP contribution >= 0.6 is 0 Å². The topological polar surface area (TPSA) is 25.2 Å². The third-order valence-electron chi connectivity index (χ3n) is 2.07. The maximum absolute atomic E-state index is 4.27. The van der Waals surface area contributed by atoms with Gasteiger partial charge in [0, 0.05) is 12.4 Å². The summed E-state index contributed by atoms with van der Waals surface area (Å²) in [6.45, 7) is 2.07. The minimum atomic E-state index is 0.734. The number of hydrogen-bond donors (Lipinski definition) is 0. The normalized spacial score (nSPS) is 10.7. The molecule has 74 valence electrons. The first-order chi connectivity index (χ1) is 7.34. The van der Waals surface area contributed by atoms with Gasteiger partial charge in [-0.05, 0) is 24.6 Å². The highest BCUT2D eigenvalue weighted by molar-refractivity contribution is 5.81. The second kappa shape index (κ2) is 4.51. The average Bonchev–Trinajstić information content (AvgIpc) is 2.30. The predicted octanol–water partition coefficient (Wildman–Crippen LogP) is 3.14. The predicted molar refractivity (Wildman–Crippen MR) is 62.7 cm³/mol. The van der Waals surface area contributed by atoms with Gasteiger partial charge < -0.3 is 0 Å². The van der Waals surface area contributed by atoms with E-state index in [4.69, 9.17) is 0 Å². The second-order valence-electron chi connectivity index (χ2n) is 3.36. The number of aliphatic imine (C=N–C) groups is 1. The first-order valence-corrected chi connectivity index (χ1v) is 4.86. The van der Waals surface area contributed by atoms with Crippen molar-refractivity contribution in [3.8, 4) is 0 Å². The molecule has 0 radical (unpaired) electrons. The van der Waals surface area contributed by atoms with Crippen molar-refractivity contribution in [2.24, 2.45) is 4.99 Å². The van der Waals surface area contributed by atoms with Gasteiger partial charge in [0.2, 0.25) is 0 Å². The smallest absolute Gasteiger partial charge is 0.151 e. The molecule has 0 aliphatic carbocycles. The van der Waals surface area contributed by atoms with E-state index in [1.54, 1.807) is 6.20 Å². The fourth-order valence-electron chi connectivity index (χ4n) is 1.22. The van der Waals surface area contributed by atoms with Crippen molar-refractivity contribution in [3.05, 3.63) is 59.8 Å². The van der Waals surface area contributed by atoms with Gasteiger partial charge in [0.25, 0.3) is 0 Å². The van der Waals surface area contributed by atoms with E-state index in [1.807, 2.05) is 36.5 Å². The summed E-state index contributed by atoms with van der Waals surface area (Å²) in [4.78, 5) is 8.38. The van der Waals surface area contributed by atoms with Crippen molar-refractivity contribution >= 4 is 12.0 Å². The Morgan fingerprint density at radius 3 is 2.53 bits per heavy atom. The second-order valence-corrected chi connectivity index (χ2v) is 3.36. The van der Waals surface area contributed by atoms with E-state index in [1.165, 1.54) is 5.56 Å². The van der Waals surface area contributed by atoms with Crippen LogP contribution in [-0.4, -0.2) is 11.2 Å². The fourth-order valence-corrected chi connectivity index (χ4v) is 1.22. The van der Waals surface area contributed by atoms with E-state index >= 15 is 0 Å². The number of rotatable bonds is 2. The average molecular weight is 196 g/mol. The monoisotopic (exact) mass is 196 g/mol. The van der Waals surface area contributed by atoms with Crippen molar-refractivity contribution in [2.45, 2.75) is 6.92 Å². The largest absolute Gasteiger partial charge is 0.237 e. The van der Waals surface area contributed by atoms with Crippen LogP contribution in [0.4, 0.5) is 5.82 Å². The Morgan fingerprint density at radius 1 is 1.07 bits per heavy atom. The molecule has 0 aliphatic rings. The zero-order valence-corrected chi connectivity index (χ0v) is 8.59. The maximum atomic E-state index is 4.27. The number of hydrogen-bond acceptors (Lipinski definition) is 2. The van der Waals surface area contributed by atoms with Crippen LogP contribution in [0.1, 0.15) is 11.1 Å². The van der Waals surface area contributed by atoms with Crippen molar-refractivity contribution in [2.75, 3.05) is 0 Å². The van der Waals surface area contributed by atoms with Gasteiger partial charge in [0.05, 0.1) is 0 Å². The Balaban J connectivity index is 2.15. The Bertz CT molecular complexity index is 444. The van der Waals surface area contributed by atoms with Gasteiger partial charge in [-0.1, -0.05) is 35.9 Å². The summed E-state index contributed by atoms with van der Waals surface area (Å²) in [6, 6.07) is 13.9. The zero-order chi connectivity index (χ0) is 10.5. The number of nitrogens with zero attached hydrogens (tertiary/aromatic N) is 2. The molecule has 1 heterocycles. The van der Waals surface area contributed by atoms with E-state index < -0.39 is 0 Å². The van der Waals surface area contributed by atoms with Gasteiger partial charge in [0.1, 0.15) is 0 Å². The summed E-state index contributed by atoms with van der Waals surface area (Å²) in [6.07, 6.45) is 3.56. The van der Waals surface area contributed by atoms with E-state index in [-0.39, 0.29) is 0 Å². The van der Waals surface area contributed by atoms with Crippen LogP contribution in [-0.2, 0) is 0 Å². The maximum Gasteiger partial charge on any atom is 0.151 e. The summed E-state index contributed by atoms with van der Waals surface area (Å²) in [5, 5.41) is 0. The highest BCUT2D eigenvalue weighted by Crippen LogP contribution is 2.06. The Kier molecular flexibility index (Phi) is 2.88. The lowest BCUT2D eigenvalue weighted by molar-refractivity contribution is 1.28. The first kappa shape index (κ1) is 9.59. The first-order valence-electron chi connectivity index (χ1n) is 4.86. The molecule has 2 aromatic rings. The van der Waals surface area contributed by atoms with E-state index in [2.05, 4.69) is 29.0 Å². The summed E-state index contributed by atoms with van der Waals surface area (Å²) < 4.78 is 0. The molecule has 0 spiro atoms. The minimum Gasteiger partial charge on any atom is -0.237 e. The molecular weight excluding hydrogens is 184 g/mol. The van der Waals surface area contributed by atoms with Crippen LogP contribution in [0.3, 0.4) is 0 Å². The quantitative estimate of drug-likeness (QED) is 0.677. The number of benzene rings is 1. The molecule has 2 rings (SSSR count). The third kappa shape index (κ3) is 2.74. The van der Waals surface area contributed by atoms with E-state index in [9.17, 15) is 0 Å². The van der Waals surface area contributed by atoms with Gasteiger partial charge in [-0.15, -0.1) is 0 Å². The van der Waals surface area contributed by atoms with Crippen LogP contribution in [0.15, 0.2) is 53.7 Å². The van der Waals surface area contributed by atoms with Gasteiger partial charge in [-0.2, -0.15) is 0 Å². The van der Waals surface area contributed by atoms with Crippen molar-refractivity contribution in [1.82, 2.24) is 4.98 Å². The molecule has 1 aromatic heterocycles. The molecule has 0 bridgehead atoms. The van der Waals surface area contributed by atoms with Crippen molar-refractivity contribution in [1.29, 1.82) is 0 Å². The molecule has 0 unspecified atom stereocenters. The van der Waals surface area contributed by atoms with Crippen molar-refractivity contribution < 1.29 is 0 Å². The highest BCUT2D eigenvalue weighted by Gasteiger charge is 1.88. The molecule has 15 heavy (non-hydrogen) atoms. The number of pyridine rings is 1. The van der Waals surface area contributed by atoms with Crippen molar-refractivity contribution in [3.63, 3.8) is 0 Å². The van der Waals surface area contributed by atoms with Crippen LogP contribution in [0.5, 0.6) is 0 Å². The van der Waals surface area contributed by atoms with Gasteiger partial charge >= 0.3 is 0 Å². The molecule has 0 amide bonds. The van der Waals surface area contributed by atoms with Crippen LogP contribution < -0.4 is 0 Å². The fraction of sp³-hybridized carbons (Fsp3) is 0.0769. The number of aromatic nitrogens is 1. The SMILES string of the molecule is Cc1ccc(C=Nc2ccccn2)cc1. The Morgan fingerprint density at radius 2 is 1.87 bits per heavy atom. The summed E-state index contributed by atoms with van der Waals surface area (Å²) in [5.41, 5.74) is 2.34. The minimum absolute atomic E-state index is 0.734. The third-order valence-corrected chi connectivity index (χ3v) is 2.07. The van der Waals surface area contributed by atoms with E-state index in [0.29, 0.717) is 0 Å². The lowest BCUT2D eigenvalue weighted by Crippen LogP contribution is -1.81. The van der Waals surface area contributed by atoms with Gasteiger partial charge in [0.15, 0.2) is 5.82 Å². The van der Waals surface area contributed by atoms with Gasteiger partial charge in [-0.3, -0.25) is 0 Å². The molecule has 0 fully saturated rings. The highest BCUT2D eigenvalue weighted by atomic mass is 14.9. The molecule has 2 heteroatoms. The molecule has 0 atom stereocenters. The molecule has 2 nitrogen and oxygen atoms in total. The van der Waals surface area contributed by atoms with E-state index in [0.717, 1.165) is 11.4 Å². The molecular formula is C13H12N2. The molecule has 0 saturated heterocycles. The lowest BCUT2D eigenvalue weighted by atomic mass is 10.2. The standard InChI is InChI=1S/C13H12N2/c1-11-5-7-12(8-6-11)10-15-13-4-2-3-9-14-13/h2-10H,1H3. The molecule has 0 N–H and O–H groups in total. The Labute approximate surface area is 89.3 Å². The molecule has 1 aromatic carbocycles. The zero-order valence-electron chi connectivity index (χ0n) is 8.59. The lowest BCUT2D eigenvalue weighted by Gasteiger charge is -1.94. The van der Waals surface area contributed by atoms with Crippen LogP contribution in [0.25, 0.3) is 0 Å². The Hall–Kier alpha value is -1.96. The van der Waals surface area contributed by atoms with Crippen LogP contribution in [0, 0.1) is 6.92 Å². The summed E-state index contributed by atoms with van der Waals surface area (Å²) in [7, 11) is 0. The van der Waals surface area contributed by atoms with Crippen LogP contribution in [0.2, 0.25) is 0 Å². The summed E-state index contributed by atoms with van der Waals surface area (Å²) >= 11 is 0. The molecule has 0 saturated carbocycles. The van der Waals surface area contributed by atoms with Gasteiger partial charge in [-0.25, -0.2) is 9.98 Å². The number of aryl methyl sites for hydroxylation is 1.